The summed E-state index contributed by atoms with van der Waals surface area (Å²) in [5.41, 5.74) is 1.24. The van der Waals surface area contributed by atoms with Crippen LogP contribution in [0.1, 0.15) is 15.3 Å². The molecule has 0 saturated heterocycles. The fraction of sp³-hybridized carbons (Fsp3) is 0.308. The smallest absolute Gasteiger partial charge is 0.317 e. The lowest BCUT2D eigenvalue weighted by atomic mass is 10.3. The molecule has 19 heavy (non-hydrogen) atoms. The first-order chi connectivity index (χ1) is 9.06. The molecule has 3 nitrogen and oxygen atoms in total. The maximum Gasteiger partial charge on any atom is 0.317 e. The second-order valence-electron chi connectivity index (χ2n) is 4.27. The van der Waals surface area contributed by atoms with E-state index in [4.69, 9.17) is 0 Å². The van der Waals surface area contributed by atoms with Gasteiger partial charge >= 0.3 is 6.03 Å². The van der Waals surface area contributed by atoms with E-state index in [1.54, 1.807) is 27.6 Å². The molecule has 2 rings (SSSR count). The highest BCUT2D eigenvalue weighted by atomic mass is 79.9. The number of urea groups is 1. The fourth-order valence-corrected chi connectivity index (χ4v) is 3.95. The van der Waals surface area contributed by atoms with Crippen molar-refractivity contribution in [2.75, 3.05) is 7.05 Å². The first-order valence-corrected chi connectivity index (χ1v) is 8.36. The number of nitrogens with zero attached hydrogens (tertiary/aromatic N) is 1. The summed E-state index contributed by atoms with van der Waals surface area (Å²) < 4.78 is 1.06. The van der Waals surface area contributed by atoms with Crippen molar-refractivity contribution in [3.63, 3.8) is 0 Å². The predicted octanol–water partition coefficient (Wildman–Crippen LogP) is 4.22. The summed E-state index contributed by atoms with van der Waals surface area (Å²) in [5.74, 6) is 0. The predicted molar refractivity (Wildman–Crippen MR) is 84.8 cm³/mol. The first kappa shape index (κ1) is 14.6. The Hall–Kier alpha value is -0.850. The van der Waals surface area contributed by atoms with Gasteiger partial charge in [0, 0.05) is 26.7 Å². The third kappa shape index (κ3) is 4.06. The topological polar surface area (TPSA) is 32.3 Å². The summed E-state index contributed by atoms with van der Waals surface area (Å²) >= 11 is 6.72. The molecule has 0 aliphatic carbocycles. The number of amides is 2. The molecular formula is C13H15BrN2OS2. The van der Waals surface area contributed by atoms with Crippen LogP contribution in [0.5, 0.6) is 0 Å². The lowest BCUT2D eigenvalue weighted by molar-refractivity contribution is 0.207. The highest BCUT2D eigenvalue weighted by Crippen LogP contribution is 2.20. The zero-order chi connectivity index (χ0) is 13.8. The van der Waals surface area contributed by atoms with Crippen molar-refractivity contribution in [2.45, 2.75) is 20.0 Å². The van der Waals surface area contributed by atoms with Gasteiger partial charge in [0.25, 0.3) is 0 Å². The number of aryl methyl sites for hydroxylation is 1. The number of rotatable bonds is 4. The van der Waals surface area contributed by atoms with E-state index in [9.17, 15) is 4.79 Å². The third-order valence-electron chi connectivity index (χ3n) is 2.73. The van der Waals surface area contributed by atoms with Crippen LogP contribution in [-0.4, -0.2) is 18.0 Å². The molecule has 0 bridgehead atoms. The van der Waals surface area contributed by atoms with E-state index >= 15 is 0 Å². The van der Waals surface area contributed by atoms with Crippen LogP contribution >= 0.6 is 38.6 Å². The quantitative estimate of drug-likeness (QED) is 0.871. The van der Waals surface area contributed by atoms with Gasteiger partial charge in [-0.1, -0.05) is 0 Å². The largest absolute Gasteiger partial charge is 0.333 e. The Morgan fingerprint density at radius 2 is 2.26 bits per heavy atom. The van der Waals surface area contributed by atoms with Gasteiger partial charge in [-0.3, -0.25) is 0 Å². The fourth-order valence-electron chi connectivity index (χ4n) is 1.60. The zero-order valence-electron chi connectivity index (χ0n) is 10.8. The van der Waals surface area contributed by atoms with Crippen LogP contribution in [-0.2, 0) is 13.1 Å². The van der Waals surface area contributed by atoms with Gasteiger partial charge < -0.3 is 10.2 Å². The summed E-state index contributed by atoms with van der Waals surface area (Å²) in [7, 11) is 1.82. The van der Waals surface area contributed by atoms with E-state index < -0.39 is 0 Å². The lowest BCUT2D eigenvalue weighted by Gasteiger charge is -2.17. The Morgan fingerprint density at radius 3 is 2.84 bits per heavy atom. The van der Waals surface area contributed by atoms with Crippen LogP contribution in [0.25, 0.3) is 0 Å². The Kier molecular flexibility index (Phi) is 5.01. The molecule has 0 saturated carbocycles. The van der Waals surface area contributed by atoms with Gasteiger partial charge in [-0.2, -0.15) is 0 Å². The highest BCUT2D eigenvalue weighted by Gasteiger charge is 2.11. The second-order valence-corrected chi connectivity index (χ2v) is 7.18. The van der Waals surface area contributed by atoms with Gasteiger partial charge in [-0.25, -0.2) is 4.79 Å². The maximum atomic E-state index is 12.0. The van der Waals surface area contributed by atoms with Gasteiger partial charge in [0.2, 0.25) is 0 Å². The molecule has 0 unspecified atom stereocenters. The molecule has 2 heterocycles. The Balaban J connectivity index is 1.84. The van der Waals surface area contributed by atoms with Crippen molar-refractivity contribution in [1.29, 1.82) is 0 Å². The number of hydrogen-bond donors (Lipinski definition) is 1. The molecule has 102 valence electrons. The van der Waals surface area contributed by atoms with E-state index in [0.717, 1.165) is 9.35 Å². The molecule has 0 spiro atoms. The Labute approximate surface area is 129 Å². The van der Waals surface area contributed by atoms with E-state index in [0.29, 0.717) is 13.1 Å². The molecule has 2 aromatic heterocycles. The maximum absolute atomic E-state index is 12.0. The Morgan fingerprint density at radius 1 is 1.47 bits per heavy atom. The first-order valence-electron chi connectivity index (χ1n) is 5.81. The van der Waals surface area contributed by atoms with Crippen molar-refractivity contribution in [3.05, 3.63) is 42.7 Å². The van der Waals surface area contributed by atoms with Crippen LogP contribution in [0.2, 0.25) is 0 Å². The van der Waals surface area contributed by atoms with Gasteiger partial charge in [0.05, 0.1) is 13.1 Å². The van der Waals surface area contributed by atoms with Crippen LogP contribution in [0.3, 0.4) is 0 Å². The van der Waals surface area contributed by atoms with Gasteiger partial charge in [-0.15, -0.1) is 22.7 Å². The van der Waals surface area contributed by atoms with Crippen LogP contribution in [0.4, 0.5) is 4.79 Å². The third-order valence-corrected chi connectivity index (χ3v) is 5.44. The van der Waals surface area contributed by atoms with Gasteiger partial charge in [-0.05, 0) is 45.9 Å². The van der Waals surface area contributed by atoms with E-state index in [1.165, 1.54) is 10.4 Å². The summed E-state index contributed by atoms with van der Waals surface area (Å²) in [6.07, 6.45) is 0. The molecule has 0 radical (unpaired) electrons. The summed E-state index contributed by atoms with van der Waals surface area (Å²) in [6.45, 7) is 3.30. The summed E-state index contributed by atoms with van der Waals surface area (Å²) in [6, 6.07) is 4.06. The standard InChI is InChI=1S/C13H15BrN2OS2/c1-9-3-4-18-12(9)7-16(2)13(17)15-6-11-5-10(14)8-19-11/h3-5,8H,6-7H2,1-2H3,(H,15,17). The van der Waals surface area contributed by atoms with E-state index in [-0.39, 0.29) is 6.03 Å². The second kappa shape index (κ2) is 6.54. The minimum atomic E-state index is -0.0441. The van der Waals surface area contributed by atoms with Crippen molar-refractivity contribution in [1.82, 2.24) is 10.2 Å². The number of carbonyl (C=O) groups is 1. The molecule has 0 aliphatic rings. The number of thiophene rings is 2. The summed E-state index contributed by atoms with van der Waals surface area (Å²) in [5, 5.41) is 6.99. The average molecular weight is 359 g/mol. The summed E-state index contributed by atoms with van der Waals surface area (Å²) in [4.78, 5) is 16.1. The van der Waals surface area contributed by atoms with Crippen LogP contribution < -0.4 is 5.32 Å². The molecule has 0 aliphatic heterocycles. The van der Waals surface area contributed by atoms with Gasteiger partial charge in [0.1, 0.15) is 0 Å². The van der Waals surface area contributed by atoms with Gasteiger partial charge in [0.15, 0.2) is 0 Å². The minimum absolute atomic E-state index is 0.0441. The number of halogens is 1. The number of hydrogen-bond acceptors (Lipinski definition) is 3. The van der Waals surface area contributed by atoms with Crippen molar-refractivity contribution in [2.24, 2.45) is 0 Å². The molecule has 1 N–H and O–H groups in total. The lowest BCUT2D eigenvalue weighted by Crippen LogP contribution is -2.36. The van der Waals surface area contributed by atoms with Crippen molar-refractivity contribution < 1.29 is 4.79 Å². The number of nitrogens with one attached hydrogen (secondary N) is 1. The van der Waals surface area contributed by atoms with Crippen LogP contribution in [0, 0.1) is 6.92 Å². The monoisotopic (exact) mass is 358 g/mol. The molecule has 0 atom stereocenters. The average Bonchev–Trinajstić information content (AvgIpc) is 2.96. The van der Waals surface area contributed by atoms with Crippen molar-refractivity contribution >= 4 is 44.6 Å². The normalized spacial score (nSPS) is 10.5. The molecule has 2 aromatic rings. The van der Waals surface area contributed by atoms with Crippen LogP contribution in [0.15, 0.2) is 27.4 Å². The molecule has 0 fully saturated rings. The number of carbonyl (C=O) groups excluding carboxylic acids is 1. The Bertz CT molecular complexity index is 564. The van der Waals surface area contributed by atoms with E-state index in [2.05, 4.69) is 39.6 Å². The van der Waals surface area contributed by atoms with Crippen molar-refractivity contribution in [3.8, 4) is 0 Å². The van der Waals surface area contributed by atoms with E-state index in [1.807, 2.05) is 18.5 Å². The molecule has 0 aromatic carbocycles. The molecular weight excluding hydrogens is 344 g/mol. The highest BCUT2D eigenvalue weighted by molar-refractivity contribution is 9.10. The minimum Gasteiger partial charge on any atom is -0.333 e. The molecule has 6 heteroatoms. The molecule has 2 amide bonds. The zero-order valence-corrected chi connectivity index (χ0v) is 14.0. The SMILES string of the molecule is Cc1ccsc1CN(C)C(=O)NCc1cc(Br)cs1.